The van der Waals surface area contributed by atoms with Crippen molar-refractivity contribution < 1.29 is 0 Å². The van der Waals surface area contributed by atoms with Crippen molar-refractivity contribution in [2.75, 3.05) is 11.9 Å². The van der Waals surface area contributed by atoms with Crippen molar-refractivity contribution in [3.8, 4) is 6.07 Å². The molecule has 0 aromatic carbocycles. The first-order valence-corrected chi connectivity index (χ1v) is 6.39. The maximum absolute atomic E-state index is 8.82. The number of nitriles is 1. The molecule has 0 spiro atoms. The van der Waals surface area contributed by atoms with Crippen LogP contribution in [0.15, 0.2) is 18.3 Å². The molecule has 0 aliphatic heterocycles. The van der Waals surface area contributed by atoms with E-state index in [1.807, 2.05) is 6.07 Å². The summed E-state index contributed by atoms with van der Waals surface area (Å²) in [6, 6.07) is 5.68. The number of anilines is 1. The van der Waals surface area contributed by atoms with Gasteiger partial charge in [-0.2, -0.15) is 5.26 Å². The van der Waals surface area contributed by atoms with Crippen molar-refractivity contribution in [2.24, 2.45) is 11.8 Å². The second kappa shape index (κ2) is 5.67. The number of pyridine rings is 1. The van der Waals surface area contributed by atoms with Crippen LogP contribution in [0.3, 0.4) is 0 Å². The molecule has 1 aromatic heterocycles. The Morgan fingerprint density at radius 3 is 3.06 bits per heavy atom. The molecule has 3 heteroatoms. The average Bonchev–Trinajstić information content (AvgIpc) is 2.38. The van der Waals surface area contributed by atoms with Gasteiger partial charge in [0.2, 0.25) is 0 Å². The number of nitrogens with zero attached hydrogens (tertiary/aromatic N) is 2. The minimum Gasteiger partial charge on any atom is -0.370 e. The van der Waals surface area contributed by atoms with Crippen molar-refractivity contribution in [1.82, 2.24) is 4.98 Å². The second-order valence-electron chi connectivity index (χ2n) is 4.94. The SMILES string of the molecule is CC1CCCCC1CNc1cc(C#N)ccn1. The molecular formula is C14H19N3. The van der Waals surface area contributed by atoms with Crippen molar-refractivity contribution in [1.29, 1.82) is 5.26 Å². The monoisotopic (exact) mass is 229 g/mol. The summed E-state index contributed by atoms with van der Waals surface area (Å²) in [5.74, 6) is 2.37. The summed E-state index contributed by atoms with van der Waals surface area (Å²) in [7, 11) is 0. The zero-order chi connectivity index (χ0) is 12.1. The van der Waals surface area contributed by atoms with Crippen LogP contribution in [0.25, 0.3) is 0 Å². The van der Waals surface area contributed by atoms with E-state index in [1.165, 1.54) is 25.7 Å². The van der Waals surface area contributed by atoms with Gasteiger partial charge in [0.15, 0.2) is 0 Å². The lowest BCUT2D eigenvalue weighted by Gasteiger charge is -2.28. The fraction of sp³-hybridized carbons (Fsp3) is 0.571. The van der Waals surface area contributed by atoms with Crippen LogP contribution in [0, 0.1) is 23.2 Å². The Hall–Kier alpha value is -1.56. The van der Waals surface area contributed by atoms with Gasteiger partial charge in [-0.3, -0.25) is 0 Å². The van der Waals surface area contributed by atoms with E-state index < -0.39 is 0 Å². The third-order valence-electron chi connectivity index (χ3n) is 3.72. The summed E-state index contributed by atoms with van der Waals surface area (Å²) >= 11 is 0. The first-order chi connectivity index (χ1) is 8.29. The maximum Gasteiger partial charge on any atom is 0.127 e. The topological polar surface area (TPSA) is 48.7 Å². The molecule has 3 nitrogen and oxygen atoms in total. The average molecular weight is 229 g/mol. The largest absolute Gasteiger partial charge is 0.370 e. The van der Waals surface area contributed by atoms with E-state index in [2.05, 4.69) is 23.3 Å². The minimum atomic E-state index is 0.666. The molecule has 17 heavy (non-hydrogen) atoms. The maximum atomic E-state index is 8.82. The van der Waals surface area contributed by atoms with Crippen LogP contribution >= 0.6 is 0 Å². The van der Waals surface area contributed by atoms with Crippen LogP contribution in [0.2, 0.25) is 0 Å². The van der Waals surface area contributed by atoms with Crippen LogP contribution < -0.4 is 5.32 Å². The van der Waals surface area contributed by atoms with E-state index in [0.717, 1.165) is 24.2 Å². The van der Waals surface area contributed by atoms with E-state index in [0.29, 0.717) is 5.56 Å². The van der Waals surface area contributed by atoms with Gasteiger partial charge in [-0.25, -0.2) is 4.98 Å². The predicted molar refractivity (Wildman–Crippen MR) is 68.6 cm³/mol. The standard InChI is InChI=1S/C14H19N3/c1-11-4-2-3-5-13(11)10-17-14-8-12(9-15)6-7-16-14/h6-8,11,13H,2-5,10H2,1H3,(H,16,17). The van der Waals surface area contributed by atoms with Crippen LogP contribution in [0.4, 0.5) is 5.82 Å². The zero-order valence-corrected chi connectivity index (χ0v) is 10.3. The smallest absolute Gasteiger partial charge is 0.127 e. The molecular weight excluding hydrogens is 210 g/mol. The van der Waals surface area contributed by atoms with Gasteiger partial charge in [-0.1, -0.05) is 26.2 Å². The molecule has 0 amide bonds. The summed E-state index contributed by atoms with van der Waals surface area (Å²) in [5, 5.41) is 12.2. The van der Waals surface area contributed by atoms with Gasteiger partial charge in [-0.15, -0.1) is 0 Å². The van der Waals surface area contributed by atoms with Crippen LogP contribution in [0.5, 0.6) is 0 Å². The Balaban J connectivity index is 1.90. The number of nitrogens with one attached hydrogen (secondary N) is 1. The lowest BCUT2D eigenvalue weighted by Crippen LogP contribution is -2.24. The fourth-order valence-corrected chi connectivity index (χ4v) is 2.53. The summed E-state index contributed by atoms with van der Waals surface area (Å²) in [6.07, 6.45) is 7.07. The van der Waals surface area contributed by atoms with E-state index in [4.69, 9.17) is 5.26 Å². The Bertz CT molecular complexity index is 408. The molecule has 2 unspecified atom stereocenters. The highest BCUT2D eigenvalue weighted by molar-refractivity contribution is 5.42. The Labute approximate surface area is 103 Å². The van der Waals surface area contributed by atoms with Crippen molar-refractivity contribution >= 4 is 5.82 Å². The number of hydrogen-bond donors (Lipinski definition) is 1. The van der Waals surface area contributed by atoms with Gasteiger partial charge in [0.25, 0.3) is 0 Å². The number of hydrogen-bond acceptors (Lipinski definition) is 3. The Morgan fingerprint density at radius 1 is 1.47 bits per heavy atom. The molecule has 1 heterocycles. The van der Waals surface area contributed by atoms with Gasteiger partial charge in [-0.05, 0) is 30.4 Å². The third kappa shape index (κ3) is 3.20. The Kier molecular flexibility index (Phi) is 3.98. The van der Waals surface area contributed by atoms with E-state index in [1.54, 1.807) is 12.3 Å². The lowest BCUT2D eigenvalue weighted by atomic mass is 9.80. The molecule has 1 aliphatic carbocycles. The highest BCUT2D eigenvalue weighted by Gasteiger charge is 2.20. The minimum absolute atomic E-state index is 0.666. The van der Waals surface area contributed by atoms with Crippen LogP contribution in [-0.4, -0.2) is 11.5 Å². The predicted octanol–water partition coefficient (Wildman–Crippen LogP) is 3.19. The third-order valence-corrected chi connectivity index (χ3v) is 3.72. The highest BCUT2D eigenvalue weighted by atomic mass is 15.0. The normalized spacial score (nSPS) is 24.0. The van der Waals surface area contributed by atoms with E-state index >= 15 is 0 Å². The molecule has 1 N–H and O–H groups in total. The summed E-state index contributed by atoms with van der Waals surface area (Å²) < 4.78 is 0. The van der Waals surface area contributed by atoms with Gasteiger partial charge in [0.05, 0.1) is 11.6 Å². The molecule has 1 aliphatic rings. The number of rotatable bonds is 3. The van der Waals surface area contributed by atoms with E-state index in [-0.39, 0.29) is 0 Å². The summed E-state index contributed by atoms with van der Waals surface area (Å²) in [6.45, 7) is 3.31. The molecule has 2 rings (SSSR count). The summed E-state index contributed by atoms with van der Waals surface area (Å²) in [4.78, 5) is 4.23. The van der Waals surface area contributed by atoms with Crippen molar-refractivity contribution in [3.63, 3.8) is 0 Å². The first-order valence-electron chi connectivity index (χ1n) is 6.39. The van der Waals surface area contributed by atoms with E-state index in [9.17, 15) is 0 Å². The molecule has 0 saturated heterocycles. The van der Waals surface area contributed by atoms with Crippen molar-refractivity contribution in [2.45, 2.75) is 32.6 Å². The lowest BCUT2D eigenvalue weighted by molar-refractivity contribution is 0.268. The van der Waals surface area contributed by atoms with Gasteiger partial charge in [0.1, 0.15) is 5.82 Å². The molecule has 0 radical (unpaired) electrons. The van der Waals surface area contributed by atoms with Gasteiger partial charge < -0.3 is 5.32 Å². The second-order valence-corrected chi connectivity index (χ2v) is 4.94. The number of aromatic nitrogens is 1. The molecule has 90 valence electrons. The molecule has 0 bridgehead atoms. The highest BCUT2D eigenvalue weighted by Crippen LogP contribution is 2.29. The fourth-order valence-electron chi connectivity index (χ4n) is 2.53. The molecule has 1 aromatic rings. The van der Waals surface area contributed by atoms with Crippen LogP contribution in [0.1, 0.15) is 38.2 Å². The molecule has 2 atom stereocenters. The zero-order valence-electron chi connectivity index (χ0n) is 10.3. The Morgan fingerprint density at radius 2 is 2.29 bits per heavy atom. The quantitative estimate of drug-likeness (QED) is 0.866. The van der Waals surface area contributed by atoms with Crippen molar-refractivity contribution in [3.05, 3.63) is 23.9 Å². The van der Waals surface area contributed by atoms with Crippen LogP contribution in [-0.2, 0) is 0 Å². The summed E-state index contributed by atoms with van der Waals surface area (Å²) in [5.41, 5.74) is 0.666. The van der Waals surface area contributed by atoms with Gasteiger partial charge >= 0.3 is 0 Å². The molecule has 1 saturated carbocycles. The molecule has 1 fully saturated rings. The first kappa shape index (κ1) is 11.9. The van der Waals surface area contributed by atoms with Gasteiger partial charge in [0, 0.05) is 12.7 Å².